The number of halogens is 2. The van der Waals surface area contributed by atoms with E-state index >= 15 is 0 Å². The van der Waals surface area contributed by atoms with Gasteiger partial charge in [-0.05, 0) is 12.8 Å². The zero-order valence-electron chi connectivity index (χ0n) is 8.45. The third-order valence-corrected chi connectivity index (χ3v) is 1.02. The van der Waals surface area contributed by atoms with Crippen LogP contribution in [0.15, 0.2) is 0 Å². The smallest absolute Gasteiger partial charge is 0.0430 e. The van der Waals surface area contributed by atoms with Gasteiger partial charge in [-0.3, -0.25) is 0 Å². The Morgan fingerprint density at radius 3 is 1.00 bits per heavy atom. The van der Waals surface area contributed by atoms with Crippen LogP contribution in [-0.4, -0.2) is 23.4 Å². The van der Waals surface area contributed by atoms with Crippen molar-refractivity contribution < 1.29 is 36.1 Å². The second kappa shape index (κ2) is 37.2. The Kier molecular flexibility index (Phi) is 84.0. The first-order valence-corrected chi connectivity index (χ1v) is 4.05. The third-order valence-electron chi connectivity index (χ3n) is 1.02. The minimum absolute atomic E-state index is 0. The molecule has 0 atom stereocenters. The van der Waals surface area contributed by atoms with Gasteiger partial charge in [-0.1, -0.05) is 26.7 Å². The number of aliphatic hydroxyl groups is 2. The van der Waals surface area contributed by atoms with Gasteiger partial charge in [-0.15, -0.1) is 34.0 Å². The third kappa shape index (κ3) is 57.4. The summed E-state index contributed by atoms with van der Waals surface area (Å²) < 4.78 is 0. The largest absolute Gasteiger partial charge is 0.396 e. The summed E-state index contributed by atoms with van der Waals surface area (Å²) in [6, 6.07) is 0. The van der Waals surface area contributed by atoms with Gasteiger partial charge in [0.25, 0.3) is 0 Å². The first kappa shape index (κ1) is 29.3. The van der Waals surface area contributed by atoms with E-state index in [0.717, 1.165) is 25.7 Å². The molecule has 0 aromatic rings. The molecule has 0 aliphatic rings. The summed E-state index contributed by atoms with van der Waals surface area (Å²) in [5.41, 5.74) is 0. The number of rotatable bonds is 4. The van der Waals surface area contributed by atoms with Crippen molar-refractivity contribution in [1.82, 2.24) is 0 Å². The van der Waals surface area contributed by atoms with Crippen LogP contribution in [-0.2, 0) is 25.8 Å². The summed E-state index contributed by atoms with van der Waals surface area (Å²) >= 11 is 0. The molecule has 0 spiro atoms. The standard InChI is InChI=1S/2C4H10O.2BrH.Hf/c2*1-2-3-4-5;;;/h2*5H,2-4H2,1H3;2*1H;. The Hall–Kier alpha value is 1.75. The average Bonchev–Trinajstić information content (AvgIpc) is 1.93. The molecule has 2 N–H and O–H groups in total. The fraction of sp³-hybridized carbons (Fsp3) is 1.00. The van der Waals surface area contributed by atoms with E-state index in [2.05, 4.69) is 13.8 Å². The molecule has 0 aliphatic heterocycles. The predicted molar refractivity (Wildman–Crippen MR) is 64.6 cm³/mol. The monoisotopic (exact) mass is 488 g/mol. The van der Waals surface area contributed by atoms with Gasteiger partial charge >= 0.3 is 0 Å². The molecule has 0 aliphatic carbocycles. The maximum absolute atomic E-state index is 8.07. The second-order valence-corrected chi connectivity index (χ2v) is 2.15. The summed E-state index contributed by atoms with van der Waals surface area (Å²) in [6.45, 7) is 4.79. The van der Waals surface area contributed by atoms with Gasteiger partial charge in [-0.2, -0.15) is 0 Å². The van der Waals surface area contributed by atoms with Crippen LogP contribution in [0.1, 0.15) is 39.5 Å². The Morgan fingerprint density at radius 2 is 1.00 bits per heavy atom. The van der Waals surface area contributed by atoms with E-state index in [-0.39, 0.29) is 59.8 Å². The molecule has 0 amide bonds. The quantitative estimate of drug-likeness (QED) is 0.598. The van der Waals surface area contributed by atoms with Crippen molar-refractivity contribution in [2.45, 2.75) is 39.5 Å². The minimum atomic E-state index is 0. The number of unbranched alkanes of at least 4 members (excludes halogenated alkanes) is 2. The van der Waals surface area contributed by atoms with E-state index in [4.69, 9.17) is 10.2 Å². The molecule has 0 bridgehead atoms. The van der Waals surface area contributed by atoms with E-state index in [1.807, 2.05) is 0 Å². The summed E-state index contributed by atoms with van der Waals surface area (Å²) in [4.78, 5) is 0. The summed E-state index contributed by atoms with van der Waals surface area (Å²) in [7, 11) is 0. The molecule has 13 heavy (non-hydrogen) atoms. The van der Waals surface area contributed by atoms with Crippen molar-refractivity contribution in [3.63, 3.8) is 0 Å². The minimum Gasteiger partial charge on any atom is -0.396 e. The predicted octanol–water partition coefficient (Wildman–Crippen LogP) is 2.71. The molecule has 0 saturated heterocycles. The number of hydrogen-bond donors (Lipinski definition) is 2. The van der Waals surface area contributed by atoms with E-state index < -0.39 is 0 Å². The van der Waals surface area contributed by atoms with E-state index in [9.17, 15) is 0 Å². The fourth-order valence-electron chi connectivity index (χ4n) is 0.316. The maximum Gasteiger partial charge on any atom is 0.0430 e. The zero-order chi connectivity index (χ0) is 8.24. The van der Waals surface area contributed by atoms with Crippen molar-refractivity contribution in [3.05, 3.63) is 0 Å². The van der Waals surface area contributed by atoms with Gasteiger partial charge in [0.05, 0.1) is 0 Å². The van der Waals surface area contributed by atoms with Crippen molar-refractivity contribution in [2.24, 2.45) is 0 Å². The van der Waals surface area contributed by atoms with Crippen LogP contribution in [0.3, 0.4) is 0 Å². The summed E-state index contributed by atoms with van der Waals surface area (Å²) in [6.07, 6.45) is 4.08. The molecule has 0 heterocycles. The van der Waals surface area contributed by atoms with Crippen LogP contribution in [0, 0.1) is 0 Å². The van der Waals surface area contributed by atoms with Crippen molar-refractivity contribution in [3.8, 4) is 0 Å². The number of hydrogen-bond acceptors (Lipinski definition) is 2. The molecule has 0 aromatic heterocycles. The summed E-state index contributed by atoms with van der Waals surface area (Å²) in [5, 5.41) is 16.1. The Labute approximate surface area is 122 Å². The van der Waals surface area contributed by atoms with Crippen molar-refractivity contribution in [2.75, 3.05) is 13.2 Å². The Bertz CT molecular complexity index is 41.1. The molecule has 0 saturated carbocycles. The van der Waals surface area contributed by atoms with Crippen LogP contribution in [0.25, 0.3) is 0 Å². The SMILES string of the molecule is Br.Br.CCCCO.CCCCO.[Hf]. The van der Waals surface area contributed by atoms with Gasteiger partial charge < -0.3 is 10.2 Å². The first-order valence-electron chi connectivity index (χ1n) is 4.05. The van der Waals surface area contributed by atoms with Gasteiger partial charge in [0.2, 0.25) is 0 Å². The van der Waals surface area contributed by atoms with Crippen LogP contribution in [0.2, 0.25) is 0 Å². The molecule has 2 nitrogen and oxygen atoms in total. The van der Waals surface area contributed by atoms with Gasteiger partial charge in [0, 0.05) is 39.1 Å². The van der Waals surface area contributed by atoms with Gasteiger partial charge in [-0.25, -0.2) is 0 Å². The average molecular weight is 489 g/mol. The Morgan fingerprint density at radius 1 is 0.769 bits per heavy atom. The molecular formula is C8H22Br2HfO2. The van der Waals surface area contributed by atoms with Crippen LogP contribution >= 0.6 is 34.0 Å². The van der Waals surface area contributed by atoms with Crippen molar-refractivity contribution in [1.29, 1.82) is 0 Å². The van der Waals surface area contributed by atoms with Crippen LogP contribution < -0.4 is 0 Å². The normalized spacial score (nSPS) is 6.46. The molecule has 0 fully saturated rings. The molecule has 0 rings (SSSR count). The van der Waals surface area contributed by atoms with E-state index in [1.165, 1.54) is 0 Å². The first-order chi connectivity index (χ1) is 4.83. The van der Waals surface area contributed by atoms with Gasteiger partial charge in [0.1, 0.15) is 0 Å². The second-order valence-electron chi connectivity index (χ2n) is 2.15. The van der Waals surface area contributed by atoms with E-state index in [0.29, 0.717) is 13.2 Å². The zero-order valence-corrected chi connectivity index (χ0v) is 15.5. The molecule has 0 radical (unpaired) electrons. The Balaban J connectivity index is -0.0000000267. The van der Waals surface area contributed by atoms with E-state index in [1.54, 1.807) is 0 Å². The van der Waals surface area contributed by atoms with Crippen LogP contribution in [0.4, 0.5) is 0 Å². The topological polar surface area (TPSA) is 40.5 Å². The number of aliphatic hydroxyl groups excluding tert-OH is 2. The molecule has 0 unspecified atom stereocenters. The molecular weight excluding hydrogens is 466 g/mol. The molecule has 5 heteroatoms. The molecule has 84 valence electrons. The fourth-order valence-corrected chi connectivity index (χ4v) is 0.316. The van der Waals surface area contributed by atoms with Crippen molar-refractivity contribution >= 4 is 34.0 Å². The summed E-state index contributed by atoms with van der Waals surface area (Å²) in [5.74, 6) is 0. The maximum atomic E-state index is 8.07. The van der Waals surface area contributed by atoms with Crippen LogP contribution in [0.5, 0.6) is 0 Å². The van der Waals surface area contributed by atoms with Gasteiger partial charge in [0.15, 0.2) is 0 Å². The molecule has 0 aromatic carbocycles.